The van der Waals surface area contributed by atoms with Gasteiger partial charge < -0.3 is 5.32 Å². The Bertz CT molecular complexity index is 541. The standard InChI is InChI=1S/C11H7ClN2/c12-11-13-8-5-1-3-7-4-2-6-9(14-11)10(7)8/h1-6H,(H,13,14). The minimum Gasteiger partial charge on any atom is -0.330 e. The molecule has 1 heterocycles. The molecule has 0 radical (unpaired) electrons. The average Bonchev–Trinajstić information content (AvgIpc) is 2.18. The normalized spacial score (nSPS) is 13.6. The number of amidine groups is 1. The zero-order valence-electron chi connectivity index (χ0n) is 7.29. The molecule has 68 valence electrons. The molecule has 1 N–H and O–H groups in total. The van der Waals surface area contributed by atoms with Crippen molar-refractivity contribution in [1.82, 2.24) is 0 Å². The molecule has 0 aliphatic carbocycles. The maximum atomic E-state index is 5.87. The van der Waals surface area contributed by atoms with Crippen molar-refractivity contribution in [2.24, 2.45) is 4.99 Å². The number of rotatable bonds is 0. The van der Waals surface area contributed by atoms with Gasteiger partial charge in [0.15, 0.2) is 0 Å². The Labute approximate surface area is 86.2 Å². The molecule has 2 aromatic carbocycles. The Hall–Kier alpha value is -1.54. The quantitative estimate of drug-likeness (QED) is 0.650. The summed E-state index contributed by atoms with van der Waals surface area (Å²) in [5.74, 6) is 0. The van der Waals surface area contributed by atoms with E-state index < -0.39 is 0 Å². The third-order valence-corrected chi connectivity index (χ3v) is 2.52. The fourth-order valence-corrected chi connectivity index (χ4v) is 1.96. The first-order valence-electron chi connectivity index (χ1n) is 4.37. The molecule has 0 saturated heterocycles. The van der Waals surface area contributed by atoms with E-state index in [1.807, 2.05) is 24.3 Å². The van der Waals surface area contributed by atoms with Crippen molar-refractivity contribution in [3.05, 3.63) is 36.4 Å². The molecular formula is C11H7ClN2. The Balaban J connectivity index is 2.50. The van der Waals surface area contributed by atoms with Crippen LogP contribution in [0.4, 0.5) is 11.4 Å². The van der Waals surface area contributed by atoms with E-state index in [4.69, 9.17) is 11.6 Å². The van der Waals surface area contributed by atoms with Crippen LogP contribution in [-0.4, -0.2) is 5.29 Å². The van der Waals surface area contributed by atoms with Crippen molar-refractivity contribution in [2.45, 2.75) is 0 Å². The maximum Gasteiger partial charge on any atom is 0.200 e. The number of nitrogens with one attached hydrogen (secondary N) is 1. The first kappa shape index (κ1) is 7.83. The molecule has 0 atom stereocenters. The molecule has 0 spiro atoms. The summed E-state index contributed by atoms with van der Waals surface area (Å²) in [6.45, 7) is 0. The molecule has 0 saturated carbocycles. The van der Waals surface area contributed by atoms with E-state index in [1.165, 1.54) is 5.39 Å². The second-order valence-corrected chi connectivity index (χ2v) is 3.57. The highest BCUT2D eigenvalue weighted by Gasteiger charge is 2.11. The minimum absolute atomic E-state index is 0.427. The molecular weight excluding hydrogens is 196 g/mol. The van der Waals surface area contributed by atoms with E-state index in [0.29, 0.717) is 5.29 Å². The van der Waals surface area contributed by atoms with E-state index in [1.54, 1.807) is 0 Å². The predicted molar refractivity (Wildman–Crippen MR) is 60.5 cm³/mol. The summed E-state index contributed by atoms with van der Waals surface area (Å²) < 4.78 is 0. The number of nitrogens with zero attached hydrogens (tertiary/aromatic N) is 1. The van der Waals surface area contributed by atoms with Crippen molar-refractivity contribution >= 4 is 39.0 Å². The third kappa shape index (κ3) is 1.01. The molecule has 2 aromatic rings. The van der Waals surface area contributed by atoms with Crippen molar-refractivity contribution in [2.75, 3.05) is 5.32 Å². The molecule has 2 nitrogen and oxygen atoms in total. The lowest BCUT2D eigenvalue weighted by atomic mass is 10.1. The van der Waals surface area contributed by atoms with Crippen molar-refractivity contribution in [3.8, 4) is 0 Å². The van der Waals surface area contributed by atoms with E-state index in [2.05, 4.69) is 22.4 Å². The molecule has 0 bridgehead atoms. The van der Waals surface area contributed by atoms with Gasteiger partial charge in [0, 0.05) is 5.39 Å². The van der Waals surface area contributed by atoms with Crippen molar-refractivity contribution < 1.29 is 0 Å². The molecule has 3 heteroatoms. The summed E-state index contributed by atoms with van der Waals surface area (Å²) in [6, 6.07) is 12.1. The maximum absolute atomic E-state index is 5.87. The van der Waals surface area contributed by atoms with E-state index in [-0.39, 0.29) is 0 Å². The van der Waals surface area contributed by atoms with Crippen LogP contribution in [-0.2, 0) is 0 Å². The number of aliphatic imine (C=N–C) groups is 1. The summed E-state index contributed by atoms with van der Waals surface area (Å²) in [5, 5.41) is 5.79. The molecule has 1 aliphatic heterocycles. The van der Waals surface area contributed by atoms with Crippen LogP contribution in [0.5, 0.6) is 0 Å². The molecule has 3 rings (SSSR count). The number of hydrogen-bond donors (Lipinski definition) is 1. The molecule has 0 amide bonds. The van der Waals surface area contributed by atoms with Crippen LogP contribution in [0.25, 0.3) is 10.8 Å². The van der Waals surface area contributed by atoms with Crippen LogP contribution in [0.2, 0.25) is 0 Å². The van der Waals surface area contributed by atoms with Gasteiger partial charge in [0.25, 0.3) is 0 Å². The minimum atomic E-state index is 0.427. The smallest absolute Gasteiger partial charge is 0.200 e. The van der Waals surface area contributed by atoms with Gasteiger partial charge in [0.2, 0.25) is 5.29 Å². The van der Waals surface area contributed by atoms with Gasteiger partial charge >= 0.3 is 0 Å². The van der Waals surface area contributed by atoms with E-state index in [9.17, 15) is 0 Å². The summed E-state index contributed by atoms with van der Waals surface area (Å²) in [4.78, 5) is 4.23. The van der Waals surface area contributed by atoms with Crippen LogP contribution >= 0.6 is 11.6 Å². The van der Waals surface area contributed by atoms with Crippen LogP contribution in [0.15, 0.2) is 41.4 Å². The highest BCUT2D eigenvalue weighted by atomic mass is 35.5. The fraction of sp³-hybridized carbons (Fsp3) is 0. The van der Waals surface area contributed by atoms with Gasteiger partial charge in [-0.3, -0.25) is 0 Å². The first-order chi connectivity index (χ1) is 6.84. The van der Waals surface area contributed by atoms with Gasteiger partial charge in [-0.1, -0.05) is 24.3 Å². The molecule has 0 aromatic heterocycles. The summed E-state index contributed by atoms with van der Waals surface area (Å²) in [6.07, 6.45) is 0. The lowest BCUT2D eigenvalue weighted by Crippen LogP contribution is -2.07. The fourth-order valence-electron chi connectivity index (χ4n) is 1.76. The number of benzene rings is 2. The number of halogens is 1. The topological polar surface area (TPSA) is 24.4 Å². The van der Waals surface area contributed by atoms with Crippen molar-refractivity contribution in [3.63, 3.8) is 0 Å². The average molecular weight is 203 g/mol. The Morgan fingerprint density at radius 2 is 1.86 bits per heavy atom. The lowest BCUT2D eigenvalue weighted by Gasteiger charge is -2.14. The van der Waals surface area contributed by atoms with Crippen LogP contribution in [0.3, 0.4) is 0 Å². The van der Waals surface area contributed by atoms with Crippen LogP contribution in [0.1, 0.15) is 0 Å². The summed E-state index contributed by atoms with van der Waals surface area (Å²) in [5.41, 5.74) is 1.96. The highest BCUT2D eigenvalue weighted by Crippen LogP contribution is 2.35. The summed E-state index contributed by atoms with van der Waals surface area (Å²) >= 11 is 5.87. The van der Waals surface area contributed by atoms with E-state index >= 15 is 0 Å². The van der Waals surface area contributed by atoms with Crippen molar-refractivity contribution in [1.29, 1.82) is 0 Å². The lowest BCUT2D eigenvalue weighted by molar-refractivity contribution is 1.52. The predicted octanol–water partition coefficient (Wildman–Crippen LogP) is 3.49. The second-order valence-electron chi connectivity index (χ2n) is 3.21. The zero-order valence-corrected chi connectivity index (χ0v) is 8.05. The van der Waals surface area contributed by atoms with Gasteiger partial charge in [-0.2, -0.15) is 0 Å². The number of anilines is 1. The highest BCUT2D eigenvalue weighted by molar-refractivity contribution is 6.68. The van der Waals surface area contributed by atoms with Crippen LogP contribution in [0, 0.1) is 0 Å². The van der Waals surface area contributed by atoms with Crippen LogP contribution < -0.4 is 5.32 Å². The van der Waals surface area contributed by atoms with Gasteiger partial charge in [0.1, 0.15) is 0 Å². The molecule has 0 fully saturated rings. The first-order valence-corrected chi connectivity index (χ1v) is 4.75. The van der Waals surface area contributed by atoms with Gasteiger partial charge in [-0.15, -0.1) is 0 Å². The van der Waals surface area contributed by atoms with Gasteiger partial charge in [0.05, 0.1) is 11.4 Å². The van der Waals surface area contributed by atoms with E-state index in [0.717, 1.165) is 16.8 Å². The SMILES string of the molecule is ClC1=Nc2cccc3cccc(c23)N1. The molecule has 1 aliphatic rings. The van der Waals surface area contributed by atoms with Gasteiger partial charge in [-0.05, 0) is 29.1 Å². The Kier molecular flexibility index (Phi) is 1.52. The number of hydrogen-bond acceptors (Lipinski definition) is 2. The van der Waals surface area contributed by atoms with Gasteiger partial charge in [-0.25, -0.2) is 4.99 Å². The third-order valence-electron chi connectivity index (χ3n) is 2.34. The zero-order chi connectivity index (χ0) is 9.54. The molecule has 0 unspecified atom stereocenters. The molecule has 14 heavy (non-hydrogen) atoms. The monoisotopic (exact) mass is 202 g/mol. The largest absolute Gasteiger partial charge is 0.330 e. The Morgan fingerprint density at radius 1 is 1.07 bits per heavy atom. The summed E-state index contributed by atoms with van der Waals surface area (Å²) in [7, 11) is 0. The second kappa shape index (κ2) is 2.72. The Morgan fingerprint density at radius 3 is 2.71 bits per heavy atom.